The smallest absolute Gasteiger partial charge is 0.249 e. The predicted octanol–water partition coefficient (Wildman–Crippen LogP) is 3.31. The van der Waals surface area contributed by atoms with Gasteiger partial charge in [-0.25, -0.2) is 0 Å². The van der Waals surface area contributed by atoms with Crippen molar-refractivity contribution in [2.24, 2.45) is 5.73 Å². The van der Waals surface area contributed by atoms with Gasteiger partial charge in [-0.15, -0.1) is 11.8 Å². The van der Waals surface area contributed by atoms with Crippen molar-refractivity contribution in [2.75, 3.05) is 5.73 Å². The molecule has 0 saturated heterocycles. The number of carbonyl (C=O) groups is 1. The van der Waals surface area contributed by atoms with Crippen molar-refractivity contribution >= 4 is 35.0 Å². The number of thioether (sulfide) groups is 1. The lowest BCUT2D eigenvalue weighted by atomic mass is 10.2. The Morgan fingerprint density at radius 3 is 2.53 bits per heavy atom. The summed E-state index contributed by atoms with van der Waals surface area (Å²) in [5.41, 5.74) is 13.0. The second-order valence-corrected chi connectivity index (χ2v) is 5.41. The molecule has 2 aromatic rings. The van der Waals surface area contributed by atoms with Gasteiger partial charge >= 0.3 is 0 Å². The Labute approximate surface area is 120 Å². The number of hydrogen-bond acceptors (Lipinski definition) is 3. The number of primary amides is 1. The molecule has 1 amide bonds. The summed E-state index contributed by atoms with van der Waals surface area (Å²) < 4.78 is 0. The fraction of sp³-hybridized carbons (Fsp3) is 0.0714. The number of anilines is 1. The molecule has 0 radical (unpaired) electrons. The van der Waals surface area contributed by atoms with Gasteiger partial charge in [-0.05, 0) is 17.7 Å². The second kappa shape index (κ2) is 5.99. The van der Waals surface area contributed by atoms with E-state index in [1.165, 1.54) is 11.8 Å². The van der Waals surface area contributed by atoms with Gasteiger partial charge in [0.2, 0.25) is 5.91 Å². The Kier molecular flexibility index (Phi) is 4.35. The molecule has 0 unspecified atom stereocenters. The van der Waals surface area contributed by atoms with E-state index >= 15 is 0 Å². The number of carbonyl (C=O) groups excluding carboxylic acids is 1. The minimum Gasteiger partial charge on any atom is -0.399 e. The highest BCUT2D eigenvalue weighted by Gasteiger charge is 2.13. The van der Waals surface area contributed by atoms with Crippen molar-refractivity contribution in [3.63, 3.8) is 0 Å². The highest BCUT2D eigenvalue weighted by Crippen LogP contribution is 2.34. The highest BCUT2D eigenvalue weighted by molar-refractivity contribution is 7.98. The van der Waals surface area contributed by atoms with Gasteiger partial charge in [-0.3, -0.25) is 4.79 Å². The van der Waals surface area contributed by atoms with E-state index in [2.05, 4.69) is 0 Å². The Bertz CT molecular complexity index is 602. The molecule has 0 atom stereocenters. The van der Waals surface area contributed by atoms with Gasteiger partial charge < -0.3 is 11.5 Å². The third-order valence-corrected chi connectivity index (χ3v) is 4.17. The van der Waals surface area contributed by atoms with Crippen molar-refractivity contribution in [3.8, 4) is 0 Å². The molecule has 0 spiro atoms. The van der Waals surface area contributed by atoms with E-state index in [-0.39, 0.29) is 0 Å². The van der Waals surface area contributed by atoms with Crippen molar-refractivity contribution in [3.05, 3.63) is 58.6 Å². The standard InChI is InChI=1S/C14H13ClN2OS/c15-12-7-10(16)6-11(14(17)18)13(12)19-8-9-4-2-1-3-5-9/h1-7H,8,16H2,(H2,17,18). The summed E-state index contributed by atoms with van der Waals surface area (Å²) in [5.74, 6) is 0.190. The molecular weight excluding hydrogens is 280 g/mol. The normalized spacial score (nSPS) is 10.4. The van der Waals surface area contributed by atoms with Crippen LogP contribution < -0.4 is 11.5 Å². The van der Waals surface area contributed by atoms with Crippen LogP contribution in [0.4, 0.5) is 5.69 Å². The zero-order valence-electron chi connectivity index (χ0n) is 10.1. The van der Waals surface area contributed by atoms with Crippen LogP contribution in [-0.4, -0.2) is 5.91 Å². The quantitative estimate of drug-likeness (QED) is 0.671. The maximum absolute atomic E-state index is 11.4. The lowest BCUT2D eigenvalue weighted by Gasteiger charge is -2.10. The first-order valence-corrected chi connectivity index (χ1v) is 7.00. The summed E-state index contributed by atoms with van der Waals surface area (Å²) in [5, 5.41) is 0.453. The molecule has 2 aromatic carbocycles. The molecule has 0 fully saturated rings. The monoisotopic (exact) mass is 292 g/mol. The molecule has 0 saturated carbocycles. The molecule has 4 N–H and O–H groups in total. The number of benzene rings is 2. The van der Waals surface area contributed by atoms with Gasteiger partial charge in [0.05, 0.1) is 10.6 Å². The summed E-state index contributed by atoms with van der Waals surface area (Å²) in [4.78, 5) is 12.1. The Balaban J connectivity index is 2.27. The van der Waals surface area contributed by atoms with Gasteiger partial charge in [0.25, 0.3) is 0 Å². The van der Waals surface area contributed by atoms with Crippen molar-refractivity contribution in [1.29, 1.82) is 0 Å². The van der Waals surface area contributed by atoms with E-state index in [1.807, 2.05) is 30.3 Å². The minimum atomic E-state index is -0.523. The average molecular weight is 293 g/mol. The van der Waals surface area contributed by atoms with Crippen LogP contribution in [0, 0.1) is 0 Å². The first-order chi connectivity index (χ1) is 9.08. The van der Waals surface area contributed by atoms with E-state index in [1.54, 1.807) is 12.1 Å². The van der Waals surface area contributed by atoms with E-state index < -0.39 is 5.91 Å². The van der Waals surface area contributed by atoms with Crippen LogP contribution in [0.5, 0.6) is 0 Å². The van der Waals surface area contributed by atoms with Crippen LogP contribution in [0.25, 0.3) is 0 Å². The van der Waals surface area contributed by atoms with E-state index in [0.29, 0.717) is 26.9 Å². The number of amides is 1. The van der Waals surface area contributed by atoms with Gasteiger partial charge in [-0.2, -0.15) is 0 Å². The average Bonchev–Trinajstić information content (AvgIpc) is 2.38. The predicted molar refractivity (Wildman–Crippen MR) is 80.4 cm³/mol. The fourth-order valence-corrected chi connectivity index (χ4v) is 3.08. The molecule has 98 valence electrons. The summed E-state index contributed by atoms with van der Waals surface area (Å²) in [6.45, 7) is 0. The zero-order valence-corrected chi connectivity index (χ0v) is 11.7. The van der Waals surface area contributed by atoms with E-state index in [4.69, 9.17) is 23.1 Å². The van der Waals surface area contributed by atoms with E-state index in [0.717, 1.165) is 5.56 Å². The lowest BCUT2D eigenvalue weighted by molar-refractivity contribution is 0.0997. The Morgan fingerprint density at radius 1 is 1.21 bits per heavy atom. The van der Waals surface area contributed by atoms with Crippen molar-refractivity contribution < 1.29 is 4.79 Å². The molecule has 3 nitrogen and oxygen atoms in total. The third kappa shape index (κ3) is 3.43. The first kappa shape index (κ1) is 13.8. The molecule has 0 aliphatic rings. The minimum absolute atomic E-state index is 0.367. The third-order valence-electron chi connectivity index (χ3n) is 2.56. The van der Waals surface area contributed by atoms with Gasteiger partial charge in [0, 0.05) is 16.3 Å². The Morgan fingerprint density at radius 2 is 1.89 bits per heavy atom. The molecule has 0 aliphatic heterocycles. The number of halogens is 1. The second-order valence-electron chi connectivity index (χ2n) is 4.02. The van der Waals surface area contributed by atoms with Gasteiger partial charge in [0.15, 0.2) is 0 Å². The molecule has 0 aromatic heterocycles. The van der Waals surface area contributed by atoms with Crippen LogP contribution >= 0.6 is 23.4 Å². The molecule has 5 heteroatoms. The topological polar surface area (TPSA) is 69.1 Å². The molecule has 19 heavy (non-hydrogen) atoms. The Hall–Kier alpha value is -1.65. The van der Waals surface area contributed by atoms with Crippen LogP contribution in [0.1, 0.15) is 15.9 Å². The fourth-order valence-electron chi connectivity index (χ4n) is 1.67. The van der Waals surface area contributed by atoms with E-state index in [9.17, 15) is 4.79 Å². The molecular formula is C14H13ClN2OS. The molecule has 0 bridgehead atoms. The van der Waals surface area contributed by atoms with Crippen molar-refractivity contribution in [1.82, 2.24) is 0 Å². The summed E-state index contributed by atoms with van der Waals surface area (Å²) >= 11 is 7.61. The zero-order chi connectivity index (χ0) is 13.8. The van der Waals surface area contributed by atoms with Gasteiger partial charge in [0.1, 0.15) is 0 Å². The largest absolute Gasteiger partial charge is 0.399 e. The first-order valence-electron chi connectivity index (χ1n) is 5.63. The SMILES string of the molecule is NC(=O)c1cc(N)cc(Cl)c1SCc1ccccc1. The molecule has 2 rings (SSSR count). The number of nitrogens with two attached hydrogens (primary N) is 2. The van der Waals surface area contributed by atoms with Crippen LogP contribution in [-0.2, 0) is 5.75 Å². The van der Waals surface area contributed by atoms with Crippen LogP contribution in [0.15, 0.2) is 47.4 Å². The number of hydrogen-bond donors (Lipinski definition) is 2. The molecule has 0 heterocycles. The summed E-state index contributed by atoms with van der Waals surface area (Å²) in [6, 6.07) is 13.1. The summed E-state index contributed by atoms with van der Waals surface area (Å²) in [7, 11) is 0. The summed E-state index contributed by atoms with van der Waals surface area (Å²) in [6.07, 6.45) is 0. The molecule has 0 aliphatic carbocycles. The number of nitrogen functional groups attached to an aromatic ring is 1. The van der Waals surface area contributed by atoms with Crippen LogP contribution in [0.2, 0.25) is 5.02 Å². The maximum Gasteiger partial charge on any atom is 0.249 e. The number of rotatable bonds is 4. The maximum atomic E-state index is 11.4. The van der Waals surface area contributed by atoms with Gasteiger partial charge in [-0.1, -0.05) is 41.9 Å². The van der Waals surface area contributed by atoms with Crippen molar-refractivity contribution in [2.45, 2.75) is 10.6 Å². The highest BCUT2D eigenvalue weighted by atomic mass is 35.5. The lowest BCUT2D eigenvalue weighted by Crippen LogP contribution is -2.13. The van der Waals surface area contributed by atoms with Crippen LogP contribution in [0.3, 0.4) is 0 Å².